The van der Waals surface area contributed by atoms with E-state index in [4.69, 9.17) is 23.2 Å². The summed E-state index contributed by atoms with van der Waals surface area (Å²) in [6.07, 6.45) is 0. The minimum absolute atomic E-state index is 0.203. The summed E-state index contributed by atoms with van der Waals surface area (Å²) in [6, 6.07) is 9.03. The van der Waals surface area contributed by atoms with Crippen molar-refractivity contribution in [3.8, 4) is 10.4 Å². The van der Waals surface area contributed by atoms with Crippen LogP contribution in [0, 0.1) is 20.2 Å². The fraction of sp³-hybridized carbons (Fsp3) is 0. The predicted octanol–water partition coefficient (Wildman–Crippen LogP) is 5.69. The Labute approximate surface area is 143 Å². The molecule has 9 heteroatoms. The highest BCUT2D eigenvalue weighted by atomic mass is 35.5. The standard InChI is InChI=1S/C14H6Cl2N2O4S/c15-8-3-1-7(2-4-8)14-13(16)12-10(18(21)22)5-9(17(19)20)6-11(12)23-14/h1-6H. The van der Waals surface area contributed by atoms with E-state index in [2.05, 4.69) is 0 Å². The second-order valence-corrected chi connectivity index (χ2v) is 6.47. The van der Waals surface area contributed by atoms with Gasteiger partial charge in [-0.05, 0) is 17.7 Å². The number of fused-ring (bicyclic) bond motifs is 1. The maximum atomic E-state index is 11.2. The van der Waals surface area contributed by atoms with Crippen LogP contribution in [0.2, 0.25) is 10.0 Å². The Hall–Kier alpha value is -2.22. The number of nitro groups is 2. The van der Waals surface area contributed by atoms with Gasteiger partial charge in [-0.3, -0.25) is 20.2 Å². The van der Waals surface area contributed by atoms with Gasteiger partial charge in [0, 0.05) is 11.1 Å². The van der Waals surface area contributed by atoms with Crippen LogP contribution >= 0.6 is 34.5 Å². The summed E-state index contributed by atoms with van der Waals surface area (Å²) in [7, 11) is 0. The third-order valence-corrected chi connectivity index (χ3v) is 5.14. The van der Waals surface area contributed by atoms with Gasteiger partial charge in [0.1, 0.15) is 0 Å². The maximum Gasteiger partial charge on any atom is 0.286 e. The number of rotatable bonds is 3. The van der Waals surface area contributed by atoms with Gasteiger partial charge in [-0.25, -0.2) is 0 Å². The summed E-state index contributed by atoms with van der Waals surface area (Å²) in [5.74, 6) is 0. The van der Waals surface area contributed by atoms with Gasteiger partial charge in [0.25, 0.3) is 11.4 Å². The number of halogens is 2. The molecule has 0 atom stereocenters. The molecule has 1 aromatic heterocycles. The lowest BCUT2D eigenvalue weighted by molar-refractivity contribution is -0.393. The Morgan fingerprint density at radius 2 is 1.61 bits per heavy atom. The zero-order valence-corrected chi connectivity index (χ0v) is 13.5. The average Bonchev–Trinajstić information content (AvgIpc) is 2.84. The number of hydrogen-bond acceptors (Lipinski definition) is 5. The molecule has 1 heterocycles. The molecular formula is C14H6Cl2N2O4S. The van der Waals surface area contributed by atoms with E-state index >= 15 is 0 Å². The average molecular weight is 369 g/mol. The normalized spacial score (nSPS) is 10.9. The molecule has 0 unspecified atom stereocenters. The van der Waals surface area contributed by atoms with Gasteiger partial charge < -0.3 is 0 Å². The van der Waals surface area contributed by atoms with Crippen LogP contribution in [0.3, 0.4) is 0 Å². The smallest absolute Gasteiger partial charge is 0.258 e. The first kappa shape index (κ1) is 15.7. The van der Waals surface area contributed by atoms with Crippen molar-refractivity contribution in [2.45, 2.75) is 0 Å². The van der Waals surface area contributed by atoms with Crippen LogP contribution in [0.25, 0.3) is 20.5 Å². The van der Waals surface area contributed by atoms with E-state index in [-0.39, 0.29) is 21.8 Å². The maximum absolute atomic E-state index is 11.2. The number of thiophene rings is 1. The molecule has 0 aliphatic rings. The molecule has 0 aliphatic heterocycles. The quantitative estimate of drug-likeness (QED) is 0.438. The minimum atomic E-state index is -0.667. The third-order valence-electron chi connectivity index (χ3n) is 3.21. The van der Waals surface area contributed by atoms with Gasteiger partial charge in [0.05, 0.1) is 35.9 Å². The first-order valence-electron chi connectivity index (χ1n) is 6.19. The van der Waals surface area contributed by atoms with E-state index in [0.717, 1.165) is 23.0 Å². The highest BCUT2D eigenvalue weighted by Crippen LogP contribution is 2.47. The molecule has 0 saturated carbocycles. The molecule has 116 valence electrons. The summed E-state index contributed by atoms with van der Waals surface area (Å²) in [4.78, 5) is 21.5. The van der Waals surface area contributed by atoms with Crippen molar-refractivity contribution in [3.63, 3.8) is 0 Å². The first-order valence-corrected chi connectivity index (χ1v) is 7.76. The van der Waals surface area contributed by atoms with Gasteiger partial charge in [-0.1, -0.05) is 35.3 Å². The number of benzene rings is 2. The number of hydrogen-bond donors (Lipinski definition) is 0. The lowest BCUT2D eigenvalue weighted by Crippen LogP contribution is -1.93. The van der Waals surface area contributed by atoms with Crippen LogP contribution in [0.15, 0.2) is 36.4 Å². The molecule has 2 aromatic carbocycles. The predicted molar refractivity (Wildman–Crippen MR) is 90.6 cm³/mol. The van der Waals surface area contributed by atoms with Gasteiger partial charge in [0.2, 0.25) is 0 Å². The van der Waals surface area contributed by atoms with E-state index in [1.165, 1.54) is 6.07 Å². The molecule has 0 spiro atoms. The van der Waals surface area contributed by atoms with Gasteiger partial charge >= 0.3 is 0 Å². The lowest BCUT2D eigenvalue weighted by atomic mass is 10.1. The van der Waals surface area contributed by atoms with Crippen LogP contribution in [-0.2, 0) is 0 Å². The van der Waals surface area contributed by atoms with Crippen LogP contribution in [-0.4, -0.2) is 9.85 Å². The largest absolute Gasteiger partial charge is 0.286 e. The summed E-state index contributed by atoms with van der Waals surface area (Å²) < 4.78 is 0.390. The topological polar surface area (TPSA) is 86.3 Å². The van der Waals surface area contributed by atoms with Crippen molar-refractivity contribution >= 4 is 56.0 Å². The monoisotopic (exact) mass is 368 g/mol. The van der Waals surface area contributed by atoms with E-state index < -0.39 is 9.85 Å². The van der Waals surface area contributed by atoms with E-state index in [1.54, 1.807) is 24.3 Å². The van der Waals surface area contributed by atoms with Crippen molar-refractivity contribution < 1.29 is 9.85 Å². The highest BCUT2D eigenvalue weighted by molar-refractivity contribution is 7.23. The van der Waals surface area contributed by atoms with Gasteiger partial charge in [0.15, 0.2) is 0 Å². The van der Waals surface area contributed by atoms with Gasteiger partial charge in [-0.2, -0.15) is 0 Å². The fourth-order valence-corrected chi connectivity index (χ4v) is 3.95. The molecule has 23 heavy (non-hydrogen) atoms. The molecule has 3 rings (SSSR count). The molecule has 0 N–H and O–H groups in total. The van der Waals surface area contributed by atoms with Crippen LogP contribution < -0.4 is 0 Å². The summed E-state index contributed by atoms with van der Waals surface area (Å²) >= 11 is 13.3. The van der Waals surface area contributed by atoms with E-state index in [9.17, 15) is 20.2 Å². The van der Waals surface area contributed by atoms with Crippen LogP contribution in [0.4, 0.5) is 11.4 Å². The second kappa shape index (κ2) is 5.77. The Kier molecular flexibility index (Phi) is 3.93. The Morgan fingerprint density at radius 3 is 2.17 bits per heavy atom. The zero-order chi connectivity index (χ0) is 16.7. The summed E-state index contributed by atoms with van der Waals surface area (Å²) in [6.45, 7) is 0. The molecule has 0 aliphatic carbocycles. The molecule has 0 saturated heterocycles. The van der Waals surface area contributed by atoms with Crippen molar-refractivity contribution in [1.29, 1.82) is 0 Å². The Bertz CT molecular complexity index is 954. The SMILES string of the molecule is O=[N+]([O-])c1cc([N+](=O)[O-])c2c(Cl)c(-c3ccc(Cl)cc3)sc2c1. The molecule has 0 fully saturated rings. The zero-order valence-electron chi connectivity index (χ0n) is 11.2. The van der Waals surface area contributed by atoms with Crippen LogP contribution in [0.5, 0.6) is 0 Å². The molecule has 0 radical (unpaired) electrons. The van der Waals surface area contributed by atoms with Crippen molar-refractivity contribution in [3.05, 3.63) is 66.7 Å². The highest BCUT2D eigenvalue weighted by Gasteiger charge is 2.25. The summed E-state index contributed by atoms with van der Waals surface area (Å²) in [5.41, 5.74) is 0.0120. The number of nitrogens with zero attached hydrogens (tertiary/aromatic N) is 2. The van der Waals surface area contributed by atoms with Crippen molar-refractivity contribution in [2.75, 3.05) is 0 Å². The number of non-ortho nitro benzene ring substituents is 2. The molecule has 0 bridgehead atoms. The van der Waals surface area contributed by atoms with Crippen molar-refractivity contribution in [2.24, 2.45) is 0 Å². The Morgan fingerprint density at radius 1 is 0.957 bits per heavy atom. The first-order chi connectivity index (χ1) is 10.9. The second-order valence-electron chi connectivity index (χ2n) is 4.60. The number of nitro benzene ring substituents is 2. The van der Waals surface area contributed by atoms with E-state index in [0.29, 0.717) is 14.6 Å². The lowest BCUT2D eigenvalue weighted by Gasteiger charge is -1.99. The molecule has 6 nitrogen and oxygen atoms in total. The van der Waals surface area contributed by atoms with Gasteiger partial charge in [-0.15, -0.1) is 11.3 Å². The third kappa shape index (κ3) is 2.74. The fourth-order valence-electron chi connectivity index (χ4n) is 2.19. The summed E-state index contributed by atoms with van der Waals surface area (Å²) in [5, 5.41) is 23.2. The minimum Gasteiger partial charge on any atom is -0.258 e. The van der Waals surface area contributed by atoms with Crippen molar-refractivity contribution in [1.82, 2.24) is 0 Å². The Balaban J connectivity index is 2.33. The molecule has 0 amide bonds. The van der Waals surface area contributed by atoms with E-state index in [1.807, 2.05) is 0 Å². The van der Waals surface area contributed by atoms with Crippen LogP contribution in [0.1, 0.15) is 0 Å². The molecule has 3 aromatic rings. The molecular weight excluding hydrogens is 363 g/mol.